The zero-order valence-electron chi connectivity index (χ0n) is 20.3. The number of nitriles is 1. The van der Waals surface area contributed by atoms with Gasteiger partial charge >= 0.3 is 0 Å². The van der Waals surface area contributed by atoms with Gasteiger partial charge in [-0.25, -0.2) is 14.4 Å². The summed E-state index contributed by atoms with van der Waals surface area (Å²) >= 11 is 0. The Morgan fingerprint density at radius 1 is 1.31 bits per heavy atom. The molecule has 1 aromatic carbocycles. The first-order valence-corrected chi connectivity index (χ1v) is 11.6. The van der Waals surface area contributed by atoms with E-state index in [1.807, 2.05) is 24.6 Å². The molecule has 9 heteroatoms. The number of benzene rings is 1. The average molecular weight is 476 g/mol. The number of aryl methyl sites for hydroxylation is 2. The van der Waals surface area contributed by atoms with E-state index in [1.165, 1.54) is 12.4 Å². The highest BCUT2D eigenvalue weighted by molar-refractivity contribution is 5.83. The summed E-state index contributed by atoms with van der Waals surface area (Å²) in [5, 5.41) is 10.4. The summed E-state index contributed by atoms with van der Waals surface area (Å²) in [6.45, 7) is 12.3. The summed E-state index contributed by atoms with van der Waals surface area (Å²) < 4.78 is 23.0. The lowest BCUT2D eigenvalue weighted by molar-refractivity contribution is 0.159. The summed E-state index contributed by atoms with van der Waals surface area (Å²) in [5.41, 5.74) is 9.52. The van der Waals surface area contributed by atoms with Crippen molar-refractivity contribution in [2.45, 2.75) is 19.9 Å². The second-order valence-electron chi connectivity index (χ2n) is 8.53. The molecule has 1 unspecified atom stereocenters. The molecule has 182 valence electrons. The molecule has 0 amide bonds. The molecule has 0 bridgehead atoms. The van der Waals surface area contributed by atoms with Crippen molar-refractivity contribution >= 4 is 10.9 Å². The molecule has 2 N–H and O–H groups in total. The third-order valence-corrected chi connectivity index (χ3v) is 6.61. The highest BCUT2D eigenvalue weighted by Crippen LogP contribution is 2.34. The molecule has 0 spiro atoms. The van der Waals surface area contributed by atoms with Crippen molar-refractivity contribution < 1.29 is 9.13 Å². The molecule has 0 radical (unpaired) electrons. The molecule has 1 atom stereocenters. The van der Waals surface area contributed by atoms with Gasteiger partial charge in [-0.2, -0.15) is 5.26 Å². The quantitative estimate of drug-likeness (QED) is 0.520. The van der Waals surface area contributed by atoms with Crippen LogP contribution in [-0.2, 0) is 7.05 Å². The zero-order chi connectivity index (χ0) is 25.1. The Morgan fingerprint density at radius 2 is 2.06 bits per heavy atom. The van der Waals surface area contributed by atoms with Gasteiger partial charge in [0.15, 0.2) is 11.6 Å². The number of hydrogen-bond donors (Lipinski definition) is 1. The lowest BCUT2D eigenvalue weighted by atomic mass is 10.0. The van der Waals surface area contributed by atoms with Gasteiger partial charge in [0, 0.05) is 50.0 Å². The first kappa shape index (κ1) is 24.4. The highest BCUT2D eigenvalue weighted by Gasteiger charge is 2.27. The van der Waals surface area contributed by atoms with Gasteiger partial charge in [0.05, 0.1) is 17.3 Å². The molecular weight excluding hydrogens is 445 g/mol. The Bertz CT molecular complexity index is 1320. The molecule has 0 aliphatic carbocycles. The maximum absolute atomic E-state index is 15.3. The van der Waals surface area contributed by atoms with Crippen molar-refractivity contribution in [3.05, 3.63) is 71.7 Å². The number of nitrogens with zero attached hydrogens (tertiary/aromatic N) is 6. The van der Waals surface area contributed by atoms with E-state index in [-0.39, 0.29) is 17.2 Å². The van der Waals surface area contributed by atoms with Crippen LogP contribution in [0.4, 0.5) is 4.39 Å². The SMILES string of the molecule is C=C/C=C(\C(N)c1ncnc(Oc2ccc3c(cc(C)n3C)c2F)c1C#N)N1CCN(CC)CC1. The van der Waals surface area contributed by atoms with Crippen LogP contribution >= 0.6 is 0 Å². The van der Waals surface area contributed by atoms with Crippen LogP contribution in [0.2, 0.25) is 0 Å². The number of halogens is 1. The number of likely N-dealkylation sites (N-methyl/N-ethyl adjacent to an activating group) is 1. The van der Waals surface area contributed by atoms with Crippen LogP contribution in [0.5, 0.6) is 11.6 Å². The van der Waals surface area contributed by atoms with Crippen LogP contribution < -0.4 is 10.5 Å². The molecule has 35 heavy (non-hydrogen) atoms. The topological polar surface area (TPSA) is 96.2 Å². The van der Waals surface area contributed by atoms with Crippen molar-refractivity contribution in [3.63, 3.8) is 0 Å². The first-order valence-electron chi connectivity index (χ1n) is 11.6. The largest absolute Gasteiger partial charge is 0.434 e. The van der Waals surface area contributed by atoms with E-state index in [1.54, 1.807) is 18.2 Å². The smallest absolute Gasteiger partial charge is 0.240 e. The zero-order valence-corrected chi connectivity index (χ0v) is 20.3. The number of nitrogens with two attached hydrogens (primary N) is 1. The number of allylic oxidation sites excluding steroid dienone is 2. The summed E-state index contributed by atoms with van der Waals surface area (Å²) in [7, 11) is 1.87. The summed E-state index contributed by atoms with van der Waals surface area (Å²) in [4.78, 5) is 13.0. The van der Waals surface area contributed by atoms with Gasteiger partial charge in [0.25, 0.3) is 0 Å². The number of piperazine rings is 1. The predicted octanol–water partition coefficient (Wildman–Crippen LogP) is 3.79. The van der Waals surface area contributed by atoms with Gasteiger partial charge < -0.3 is 24.8 Å². The number of rotatable bonds is 7. The van der Waals surface area contributed by atoms with Gasteiger partial charge in [0.1, 0.15) is 18.0 Å². The fourth-order valence-electron chi connectivity index (χ4n) is 4.46. The Balaban J connectivity index is 1.67. The van der Waals surface area contributed by atoms with Gasteiger partial charge in [-0.05, 0) is 37.7 Å². The fourth-order valence-corrected chi connectivity index (χ4v) is 4.46. The number of fused-ring (bicyclic) bond motifs is 1. The molecule has 1 aliphatic heterocycles. The Kier molecular flexibility index (Phi) is 7.15. The minimum atomic E-state index is -0.703. The second-order valence-corrected chi connectivity index (χ2v) is 8.53. The summed E-state index contributed by atoms with van der Waals surface area (Å²) in [5.74, 6) is -0.566. The standard InChI is InChI=1S/C26H30FN7O/c1-5-7-21(34-12-10-33(6-2)11-13-34)24(29)25-19(15-28)26(31-16-30-25)35-22-9-8-20-18(23(22)27)14-17(3)32(20)4/h5,7-9,14,16,24H,1,6,10-13,29H2,2-4H3/b21-7+. The molecule has 2 aromatic heterocycles. The van der Waals surface area contributed by atoms with Gasteiger partial charge in [0.2, 0.25) is 5.88 Å². The number of aromatic nitrogens is 3. The Morgan fingerprint density at radius 3 is 2.71 bits per heavy atom. The van der Waals surface area contributed by atoms with E-state index in [0.29, 0.717) is 11.1 Å². The van der Waals surface area contributed by atoms with E-state index >= 15 is 4.39 Å². The van der Waals surface area contributed by atoms with Crippen LogP contribution in [0.1, 0.15) is 29.9 Å². The minimum Gasteiger partial charge on any atom is -0.434 e. The highest BCUT2D eigenvalue weighted by atomic mass is 19.1. The molecule has 8 nitrogen and oxygen atoms in total. The maximum Gasteiger partial charge on any atom is 0.240 e. The average Bonchev–Trinajstić information content (AvgIpc) is 3.17. The van der Waals surface area contributed by atoms with Crippen LogP contribution in [0.25, 0.3) is 10.9 Å². The van der Waals surface area contributed by atoms with Crippen LogP contribution in [0.15, 0.2) is 49.0 Å². The molecule has 1 fully saturated rings. The Labute approximate surface area is 204 Å². The van der Waals surface area contributed by atoms with E-state index in [2.05, 4.69) is 39.3 Å². The van der Waals surface area contributed by atoms with Gasteiger partial charge in [-0.3, -0.25) is 0 Å². The fraction of sp³-hybridized carbons (Fsp3) is 0.346. The van der Waals surface area contributed by atoms with E-state index in [0.717, 1.165) is 49.6 Å². The molecule has 3 aromatic rings. The molecule has 4 rings (SSSR count). The van der Waals surface area contributed by atoms with Crippen LogP contribution in [0, 0.1) is 24.1 Å². The van der Waals surface area contributed by atoms with Crippen molar-refractivity contribution in [1.82, 2.24) is 24.3 Å². The lowest BCUT2D eigenvalue weighted by Gasteiger charge is -2.38. The molecular formula is C26H30FN7O. The van der Waals surface area contributed by atoms with Crippen LogP contribution in [-0.4, -0.2) is 57.1 Å². The number of hydrogen-bond acceptors (Lipinski definition) is 7. The van der Waals surface area contributed by atoms with Gasteiger partial charge in [-0.1, -0.05) is 19.6 Å². The Hall–Kier alpha value is -3.74. The predicted molar refractivity (Wildman–Crippen MR) is 133 cm³/mol. The van der Waals surface area contributed by atoms with Crippen molar-refractivity contribution in [3.8, 4) is 17.7 Å². The van der Waals surface area contributed by atoms with Crippen molar-refractivity contribution in [2.75, 3.05) is 32.7 Å². The van der Waals surface area contributed by atoms with Crippen molar-refractivity contribution in [2.24, 2.45) is 12.8 Å². The molecule has 1 aliphatic rings. The third-order valence-electron chi connectivity index (χ3n) is 6.61. The molecule has 1 saturated heterocycles. The summed E-state index contributed by atoms with van der Waals surface area (Å²) in [6, 6.07) is 6.49. The maximum atomic E-state index is 15.3. The summed E-state index contributed by atoms with van der Waals surface area (Å²) in [6.07, 6.45) is 4.81. The van der Waals surface area contributed by atoms with E-state index < -0.39 is 11.9 Å². The molecule has 0 saturated carbocycles. The van der Waals surface area contributed by atoms with Gasteiger partial charge in [-0.15, -0.1) is 0 Å². The third kappa shape index (κ3) is 4.63. The van der Waals surface area contributed by atoms with Crippen LogP contribution in [0.3, 0.4) is 0 Å². The van der Waals surface area contributed by atoms with E-state index in [9.17, 15) is 5.26 Å². The van der Waals surface area contributed by atoms with Crippen molar-refractivity contribution in [1.29, 1.82) is 5.26 Å². The minimum absolute atomic E-state index is 0.0182. The number of ether oxygens (including phenoxy) is 1. The monoisotopic (exact) mass is 475 g/mol. The lowest BCUT2D eigenvalue weighted by Crippen LogP contribution is -2.47. The van der Waals surface area contributed by atoms with E-state index in [4.69, 9.17) is 10.5 Å². The molecule has 3 heterocycles. The second kappa shape index (κ2) is 10.3. The first-order chi connectivity index (χ1) is 16.9. The normalized spacial score (nSPS) is 15.8.